The molecule has 1 aromatic heterocycles. The molecule has 2 atom stereocenters. The third-order valence-electron chi connectivity index (χ3n) is 4.76. The van der Waals surface area contributed by atoms with Gasteiger partial charge in [-0.2, -0.15) is 5.26 Å². The summed E-state index contributed by atoms with van der Waals surface area (Å²) in [6, 6.07) is 14.6. The fraction of sp³-hybridized carbons (Fsp3) is 0.150. The van der Waals surface area contributed by atoms with Crippen molar-refractivity contribution < 1.29 is 9.53 Å². The number of nitriles is 1. The van der Waals surface area contributed by atoms with Crippen LogP contribution in [-0.4, -0.2) is 16.4 Å². The van der Waals surface area contributed by atoms with Crippen LogP contribution < -0.4 is 4.74 Å². The summed E-state index contributed by atoms with van der Waals surface area (Å²) in [5.41, 5.74) is 1.75. The molecule has 2 unspecified atom stereocenters. The van der Waals surface area contributed by atoms with Gasteiger partial charge < -0.3 is 4.74 Å². The summed E-state index contributed by atoms with van der Waals surface area (Å²) < 4.78 is 7.24. The quantitative estimate of drug-likeness (QED) is 0.608. The van der Waals surface area contributed by atoms with E-state index in [-0.39, 0.29) is 11.8 Å². The second-order valence-electron chi connectivity index (χ2n) is 6.28. The molecule has 0 fully saturated rings. The van der Waals surface area contributed by atoms with Crippen molar-refractivity contribution in [3.05, 3.63) is 63.8 Å². The molecule has 4 rings (SSSR count). The lowest BCUT2D eigenvalue weighted by atomic mass is 9.82. The van der Waals surface area contributed by atoms with Gasteiger partial charge >= 0.3 is 0 Å². The van der Waals surface area contributed by atoms with Gasteiger partial charge in [0.25, 0.3) is 0 Å². The third kappa shape index (κ3) is 2.53. The number of hydrogen-bond acceptors (Lipinski definition) is 4. The molecule has 7 heteroatoms. The average Bonchev–Trinajstić information content (AvgIpc) is 2.97. The first-order chi connectivity index (χ1) is 13.0. The first kappa shape index (κ1) is 17.6. The number of benzene rings is 2. The molecule has 2 aromatic carbocycles. The number of carbonyl (C=O) groups excluding carboxylic acids is 1. The minimum absolute atomic E-state index is 0.183. The molecule has 3 aromatic rings. The molecular formula is C20H13Cl2N3O2. The van der Waals surface area contributed by atoms with Gasteiger partial charge in [0.1, 0.15) is 5.92 Å². The molecular weight excluding hydrogens is 385 g/mol. The van der Waals surface area contributed by atoms with Crippen LogP contribution in [0.4, 0.5) is 0 Å². The molecule has 0 saturated heterocycles. The second-order valence-corrected chi connectivity index (χ2v) is 7.06. The average molecular weight is 398 g/mol. The minimum atomic E-state index is -0.934. The first-order valence-corrected chi connectivity index (χ1v) is 8.95. The Morgan fingerprint density at radius 3 is 2.67 bits per heavy atom. The number of nitrogens with zero attached hydrogens (tertiary/aromatic N) is 2. The lowest BCUT2D eigenvalue weighted by molar-refractivity contribution is 0.0936. The van der Waals surface area contributed by atoms with E-state index in [0.717, 1.165) is 0 Å². The van der Waals surface area contributed by atoms with Crippen LogP contribution in [0.1, 0.15) is 28.9 Å². The van der Waals surface area contributed by atoms with Gasteiger partial charge in [0.2, 0.25) is 11.8 Å². The summed E-state index contributed by atoms with van der Waals surface area (Å²) >= 11 is 12.6. The Labute approximate surface area is 165 Å². The second kappa shape index (κ2) is 6.41. The maximum absolute atomic E-state index is 12.5. The first-order valence-electron chi connectivity index (χ1n) is 8.19. The highest BCUT2D eigenvalue weighted by atomic mass is 35.5. The van der Waals surface area contributed by atoms with E-state index in [1.165, 1.54) is 11.5 Å². The van der Waals surface area contributed by atoms with E-state index >= 15 is 0 Å². The maximum atomic E-state index is 12.5. The lowest BCUT2D eigenvalue weighted by Crippen LogP contribution is -2.33. The predicted molar refractivity (Wildman–Crippen MR) is 104 cm³/mol. The van der Waals surface area contributed by atoms with E-state index < -0.39 is 11.8 Å². The predicted octanol–water partition coefficient (Wildman–Crippen LogP) is 5.25. The zero-order valence-corrected chi connectivity index (χ0v) is 15.7. The summed E-state index contributed by atoms with van der Waals surface area (Å²) in [5.74, 6) is -1.59. The number of aromatic nitrogens is 1. The highest BCUT2D eigenvalue weighted by molar-refractivity contribution is 6.42. The molecule has 27 heavy (non-hydrogen) atoms. The van der Waals surface area contributed by atoms with Crippen molar-refractivity contribution in [1.29, 1.82) is 10.7 Å². The Balaban J connectivity index is 2.14. The Kier molecular flexibility index (Phi) is 4.18. The minimum Gasteiger partial charge on any atom is -0.440 e. The van der Waals surface area contributed by atoms with Crippen LogP contribution >= 0.6 is 23.2 Å². The van der Waals surface area contributed by atoms with Gasteiger partial charge in [0.15, 0.2) is 5.75 Å². The van der Waals surface area contributed by atoms with Crippen LogP contribution in [0.3, 0.4) is 0 Å². The summed E-state index contributed by atoms with van der Waals surface area (Å²) in [6.45, 7) is 1.45. The van der Waals surface area contributed by atoms with Crippen LogP contribution in [0.25, 0.3) is 10.9 Å². The monoisotopic (exact) mass is 397 g/mol. The number of hydrogen-bond donors (Lipinski definition) is 1. The van der Waals surface area contributed by atoms with Crippen molar-refractivity contribution in [2.45, 2.75) is 12.8 Å². The highest BCUT2D eigenvalue weighted by Gasteiger charge is 2.42. The zero-order valence-electron chi connectivity index (χ0n) is 14.2. The van der Waals surface area contributed by atoms with Crippen molar-refractivity contribution in [2.24, 2.45) is 5.92 Å². The van der Waals surface area contributed by atoms with E-state index in [1.807, 2.05) is 18.2 Å². The van der Waals surface area contributed by atoms with Gasteiger partial charge in [0.05, 0.1) is 33.2 Å². The normalized spacial score (nSPS) is 18.7. The van der Waals surface area contributed by atoms with E-state index in [0.29, 0.717) is 38.0 Å². The molecule has 0 radical (unpaired) electrons. The summed E-state index contributed by atoms with van der Waals surface area (Å²) in [4.78, 5) is 12.5. The van der Waals surface area contributed by atoms with Gasteiger partial charge in [-0.1, -0.05) is 47.5 Å². The van der Waals surface area contributed by atoms with Gasteiger partial charge in [-0.15, -0.1) is 0 Å². The number of ether oxygens (including phenoxy) is 1. The third-order valence-corrected chi connectivity index (χ3v) is 5.59. The van der Waals surface area contributed by atoms with Gasteiger partial charge in [-0.05, 0) is 23.8 Å². The summed E-state index contributed by atoms with van der Waals surface area (Å²) in [7, 11) is 0. The van der Waals surface area contributed by atoms with Crippen LogP contribution in [0, 0.1) is 22.7 Å². The van der Waals surface area contributed by atoms with Crippen LogP contribution in [0.5, 0.6) is 5.75 Å². The van der Waals surface area contributed by atoms with Crippen LogP contribution in [0.2, 0.25) is 10.0 Å². The number of para-hydroxylation sites is 1. The largest absolute Gasteiger partial charge is 0.440 e. The molecule has 0 saturated carbocycles. The molecule has 0 spiro atoms. The molecule has 134 valence electrons. The van der Waals surface area contributed by atoms with E-state index in [2.05, 4.69) is 6.07 Å². The zero-order chi connectivity index (χ0) is 19.3. The Morgan fingerprint density at radius 2 is 1.96 bits per heavy atom. The van der Waals surface area contributed by atoms with Crippen molar-refractivity contribution in [3.63, 3.8) is 0 Å². The van der Waals surface area contributed by atoms with Crippen LogP contribution in [0.15, 0.2) is 42.5 Å². The maximum Gasteiger partial charge on any atom is 0.228 e. The smallest absolute Gasteiger partial charge is 0.228 e. The number of carbonyl (C=O) groups is 1. The van der Waals surface area contributed by atoms with E-state index in [1.54, 1.807) is 24.3 Å². The number of nitrogens with one attached hydrogen (secondary N) is 1. The molecule has 0 bridgehead atoms. The standard InChI is InChI=1S/C20H13Cl2N3O2/c1-10(26)25-15-8-3-2-5-11(15)19-18(25)16(13(9-23)20(24)27-19)12-6-4-7-14(21)17(12)22/h2-8,13,16,24H,1H3. The Hall–Kier alpha value is -2.81. The highest BCUT2D eigenvalue weighted by Crippen LogP contribution is 2.49. The lowest BCUT2D eigenvalue weighted by Gasteiger charge is -2.30. The molecule has 1 aliphatic heterocycles. The molecule has 1 aliphatic rings. The summed E-state index contributed by atoms with van der Waals surface area (Å²) in [6.07, 6.45) is 0. The van der Waals surface area contributed by atoms with E-state index in [9.17, 15) is 10.1 Å². The van der Waals surface area contributed by atoms with Crippen molar-refractivity contribution in [3.8, 4) is 11.8 Å². The topological polar surface area (TPSA) is 78.9 Å². The molecule has 2 heterocycles. The van der Waals surface area contributed by atoms with Gasteiger partial charge in [0, 0.05) is 12.3 Å². The number of fused-ring (bicyclic) bond motifs is 3. The molecule has 0 aliphatic carbocycles. The molecule has 0 amide bonds. The molecule has 5 nitrogen and oxygen atoms in total. The SMILES string of the molecule is CC(=O)n1c2c(c3ccccc31)OC(=N)C(C#N)C2c1cccc(Cl)c1Cl. The van der Waals surface area contributed by atoms with Gasteiger partial charge in [-0.3, -0.25) is 14.8 Å². The van der Waals surface area contributed by atoms with E-state index in [4.69, 9.17) is 33.3 Å². The van der Waals surface area contributed by atoms with Gasteiger partial charge in [-0.25, -0.2) is 0 Å². The Bertz CT molecular complexity index is 1160. The molecule has 1 N–H and O–H groups in total. The Morgan fingerprint density at radius 1 is 1.22 bits per heavy atom. The number of halogens is 2. The van der Waals surface area contributed by atoms with Crippen molar-refractivity contribution in [2.75, 3.05) is 0 Å². The fourth-order valence-corrected chi connectivity index (χ4v) is 4.09. The van der Waals surface area contributed by atoms with Crippen LogP contribution in [-0.2, 0) is 0 Å². The summed E-state index contributed by atoms with van der Waals surface area (Å²) in [5, 5.41) is 19.3. The number of rotatable bonds is 1. The van der Waals surface area contributed by atoms with Crippen molar-refractivity contribution >= 4 is 45.9 Å². The fourth-order valence-electron chi connectivity index (χ4n) is 3.66. The van der Waals surface area contributed by atoms with Crippen molar-refractivity contribution in [1.82, 2.24) is 4.57 Å².